The Bertz CT molecular complexity index is 501. The summed E-state index contributed by atoms with van der Waals surface area (Å²) in [6.45, 7) is 0. The van der Waals surface area contributed by atoms with E-state index in [0.29, 0.717) is 24.3 Å². The minimum atomic E-state index is -0.735. The standard InChI is InChI=1S/C15H18O4/c1-18-12-6-3-10(9-13(12)19-11-4-5-11)15(14(16)17)7-2-8-15/h3,6,9,11H,2,4-5,7-8H2,1H3,(H,16,17). The van der Waals surface area contributed by atoms with Crippen molar-refractivity contribution in [1.82, 2.24) is 0 Å². The van der Waals surface area contributed by atoms with Crippen LogP contribution >= 0.6 is 0 Å². The van der Waals surface area contributed by atoms with Gasteiger partial charge in [-0.1, -0.05) is 12.5 Å². The molecule has 2 aliphatic rings. The van der Waals surface area contributed by atoms with Crippen LogP contribution < -0.4 is 9.47 Å². The van der Waals surface area contributed by atoms with Gasteiger partial charge in [-0.15, -0.1) is 0 Å². The molecule has 0 heterocycles. The summed E-state index contributed by atoms with van der Waals surface area (Å²) in [6.07, 6.45) is 4.78. The van der Waals surface area contributed by atoms with Gasteiger partial charge in [0.25, 0.3) is 0 Å². The molecule has 4 heteroatoms. The van der Waals surface area contributed by atoms with Crippen molar-refractivity contribution < 1.29 is 19.4 Å². The number of ether oxygens (including phenoxy) is 2. The Balaban J connectivity index is 1.95. The zero-order valence-corrected chi connectivity index (χ0v) is 11.0. The number of rotatable bonds is 5. The van der Waals surface area contributed by atoms with Gasteiger partial charge in [0.2, 0.25) is 0 Å². The molecule has 0 saturated heterocycles. The third-order valence-corrected chi connectivity index (χ3v) is 4.15. The normalized spacial score (nSPS) is 20.5. The molecule has 2 saturated carbocycles. The second-order valence-corrected chi connectivity index (χ2v) is 5.42. The zero-order valence-electron chi connectivity index (χ0n) is 11.0. The second-order valence-electron chi connectivity index (χ2n) is 5.42. The number of aliphatic carboxylic acids is 1. The van der Waals surface area contributed by atoms with E-state index >= 15 is 0 Å². The molecule has 4 nitrogen and oxygen atoms in total. The molecule has 0 aliphatic heterocycles. The van der Waals surface area contributed by atoms with E-state index in [2.05, 4.69) is 0 Å². The highest BCUT2D eigenvalue weighted by Crippen LogP contribution is 2.46. The van der Waals surface area contributed by atoms with Crippen LogP contribution in [0.1, 0.15) is 37.7 Å². The summed E-state index contributed by atoms with van der Waals surface area (Å²) in [5.41, 5.74) is 0.121. The van der Waals surface area contributed by atoms with Gasteiger partial charge in [-0.05, 0) is 43.4 Å². The van der Waals surface area contributed by atoms with E-state index < -0.39 is 11.4 Å². The first-order chi connectivity index (χ1) is 9.15. The fourth-order valence-corrected chi connectivity index (χ4v) is 2.59. The molecule has 0 unspecified atom stereocenters. The lowest BCUT2D eigenvalue weighted by atomic mass is 9.64. The van der Waals surface area contributed by atoms with Crippen LogP contribution in [0.25, 0.3) is 0 Å². The van der Waals surface area contributed by atoms with Crippen LogP contribution in [-0.4, -0.2) is 24.3 Å². The second kappa shape index (κ2) is 4.44. The minimum Gasteiger partial charge on any atom is -0.493 e. The summed E-state index contributed by atoms with van der Waals surface area (Å²) >= 11 is 0. The fraction of sp³-hybridized carbons (Fsp3) is 0.533. The number of carbonyl (C=O) groups is 1. The zero-order chi connectivity index (χ0) is 13.5. The van der Waals surface area contributed by atoms with Crippen molar-refractivity contribution in [1.29, 1.82) is 0 Å². The van der Waals surface area contributed by atoms with Crippen LogP contribution in [0.5, 0.6) is 11.5 Å². The summed E-state index contributed by atoms with van der Waals surface area (Å²) in [6, 6.07) is 5.52. The average Bonchev–Trinajstić information content (AvgIpc) is 3.11. The van der Waals surface area contributed by atoms with Gasteiger partial charge >= 0.3 is 5.97 Å². The van der Waals surface area contributed by atoms with Crippen molar-refractivity contribution in [2.75, 3.05) is 7.11 Å². The maximum absolute atomic E-state index is 11.5. The maximum Gasteiger partial charge on any atom is 0.314 e. The van der Waals surface area contributed by atoms with Crippen molar-refractivity contribution in [3.63, 3.8) is 0 Å². The summed E-state index contributed by atoms with van der Waals surface area (Å²) in [7, 11) is 1.60. The van der Waals surface area contributed by atoms with Crippen LogP contribution in [0.3, 0.4) is 0 Å². The van der Waals surface area contributed by atoms with Gasteiger partial charge in [-0.3, -0.25) is 4.79 Å². The molecular weight excluding hydrogens is 244 g/mol. The van der Waals surface area contributed by atoms with Gasteiger partial charge in [0.15, 0.2) is 11.5 Å². The molecule has 19 heavy (non-hydrogen) atoms. The van der Waals surface area contributed by atoms with E-state index in [9.17, 15) is 9.90 Å². The average molecular weight is 262 g/mol. The van der Waals surface area contributed by atoms with Crippen LogP contribution in [0, 0.1) is 0 Å². The van der Waals surface area contributed by atoms with Crippen molar-refractivity contribution in [2.45, 2.75) is 43.6 Å². The predicted molar refractivity (Wildman–Crippen MR) is 69.8 cm³/mol. The lowest BCUT2D eigenvalue weighted by molar-refractivity contribution is -0.147. The number of carboxylic acid groups (broad SMARTS) is 1. The number of benzene rings is 1. The van der Waals surface area contributed by atoms with Crippen LogP contribution in [-0.2, 0) is 10.2 Å². The number of methoxy groups -OCH3 is 1. The lowest BCUT2D eigenvalue weighted by Gasteiger charge is -2.38. The molecule has 2 aliphatic carbocycles. The Hall–Kier alpha value is -1.71. The maximum atomic E-state index is 11.5. The predicted octanol–water partition coefficient (Wildman–Crippen LogP) is 2.74. The monoisotopic (exact) mass is 262 g/mol. The minimum absolute atomic E-state index is 0.270. The Morgan fingerprint density at radius 3 is 2.53 bits per heavy atom. The van der Waals surface area contributed by atoms with Gasteiger partial charge in [0.05, 0.1) is 18.6 Å². The first-order valence-corrected chi connectivity index (χ1v) is 6.74. The Kier molecular flexibility index (Phi) is 2.88. The summed E-state index contributed by atoms with van der Waals surface area (Å²) in [5.74, 6) is 0.617. The van der Waals surface area contributed by atoms with E-state index in [4.69, 9.17) is 9.47 Å². The molecule has 0 aromatic heterocycles. The quantitative estimate of drug-likeness (QED) is 0.886. The number of hydrogen-bond acceptors (Lipinski definition) is 3. The van der Waals surface area contributed by atoms with Gasteiger partial charge in [-0.25, -0.2) is 0 Å². The summed E-state index contributed by atoms with van der Waals surface area (Å²) in [4.78, 5) is 11.5. The van der Waals surface area contributed by atoms with Crippen molar-refractivity contribution in [3.05, 3.63) is 23.8 Å². The molecule has 0 radical (unpaired) electrons. The van der Waals surface area contributed by atoms with Crippen molar-refractivity contribution in [3.8, 4) is 11.5 Å². The van der Waals surface area contributed by atoms with Gasteiger partial charge < -0.3 is 14.6 Å². The third-order valence-electron chi connectivity index (χ3n) is 4.15. The molecule has 0 amide bonds. The van der Waals surface area contributed by atoms with Crippen LogP contribution in [0.4, 0.5) is 0 Å². The molecule has 2 fully saturated rings. The number of hydrogen-bond donors (Lipinski definition) is 1. The van der Waals surface area contributed by atoms with E-state index in [-0.39, 0.29) is 6.10 Å². The lowest BCUT2D eigenvalue weighted by Crippen LogP contribution is -2.42. The van der Waals surface area contributed by atoms with Crippen molar-refractivity contribution >= 4 is 5.97 Å². The third kappa shape index (κ3) is 2.05. The molecule has 1 N–H and O–H groups in total. The SMILES string of the molecule is COc1ccc(C2(C(=O)O)CCC2)cc1OC1CC1. The Morgan fingerprint density at radius 1 is 1.32 bits per heavy atom. The smallest absolute Gasteiger partial charge is 0.314 e. The van der Waals surface area contributed by atoms with E-state index in [1.807, 2.05) is 18.2 Å². The Morgan fingerprint density at radius 2 is 2.05 bits per heavy atom. The van der Waals surface area contributed by atoms with Gasteiger partial charge in [0.1, 0.15) is 0 Å². The molecule has 1 aromatic rings. The van der Waals surface area contributed by atoms with Crippen molar-refractivity contribution in [2.24, 2.45) is 0 Å². The van der Waals surface area contributed by atoms with Gasteiger partial charge in [0, 0.05) is 0 Å². The largest absolute Gasteiger partial charge is 0.493 e. The molecule has 0 atom stereocenters. The van der Waals surface area contributed by atoms with E-state index in [1.54, 1.807) is 7.11 Å². The number of carboxylic acids is 1. The molecule has 3 rings (SSSR count). The molecular formula is C15H18O4. The van der Waals surface area contributed by atoms with E-state index in [0.717, 1.165) is 24.8 Å². The fourth-order valence-electron chi connectivity index (χ4n) is 2.59. The highest BCUT2D eigenvalue weighted by Gasteiger charge is 2.46. The first-order valence-electron chi connectivity index (χ1n) is 6.74. The van der Waals surface area contributed by atoms with Crippen LogP contribution in [0.15, 0.2) is 18.2 Å². The first kappa shape index (κ1) is 12.3. The topological polar surface area (TPSA) is 55.8 Å². The van der Waals surface area contributed by atoms with Crippen LogP contribution in [0.2, 0.25) is 0 Å². The molecule has 102 valence electrons. The summed E-state index contributed by atoms with van der Waals surface area (Å²) in [5, 5.41) is 9.48. The highest BCUT2D eigenvalue weighted by molar-refractivity contribution is 5.83. The highest BCUT2D eigenvalue weighted by atomic mass is 16.5. The molecule has 0 bridgehead atoms. The van der Waals surface area contributed by atoms with E-state index in [1.165, 1.54) is 0 Å². The summed E-state index contributed by atoms with van der Waals surface area (Å²) < 4.78 is 11.1. The van der Waals surface area contributed by atoms with Gasteiger partial charge in [-0.2, -0.15) is 0 Å². The molecule has 1 aromatic carbocycles. The Labute approximate surface area is 112 Å². The molecule has 0 spiro atoms.